The summed E-state index contributed by atoms with van der Waals surface area (Å²) in [5, 5.41) is 0. The van der Waals surface area contributed by atoms with Crippen molar-refractivity contribution in [3.8, 4) is 16.2 Å². The first-order chi connectivity index (χ1) is 12.6. The molecule has 2 rings (SSSR count). The first kappa shape index (κ1) is 21.4. The van der Waals surface area contributed by atoms with E-state index >= 15 is 0 Å². The molecule has 1 aromatic heterocycles. The number of carbonyl (C=O) groups is 1. The van der Waals surface area contributed by atoms with Crippen LogP contribution in [0.5, 0.6) is 5.75 Å². The standard InChI is InChI=1S/C20H26O5S2/c1-5-6-13-24-16-9-7-15(8-10-16)17-11-12-19(26-17)27(22,23)25-18(21)14-20(2,3)4/h7-12H,5-6,13-14H2,1-4H3. The van der Waals surface area contributed by atoms with E-state index in [9.17, 15) is 13.2 Å². The SMILES string of the molecule is CCCCOc1ccc(-c2ccc(S(=O)(=O)OC(=O)CC(C)(C)C)s2)cc1. The summed E-state index contributed by atoms with van der Waals surface area (Å²) >= 11 is 1.07. The molecular weight excluding hydrogens is 384 g/mol. The van der Waals surface area contributed by atoms with Crippen LogP contribution in [-0.2, 0) is 19.1 Å². The Morgan fingerprint density at radius 1 is 1.07 bits per heavy atom. The highest BCUT2D eigenvalue weighted by Crippen LogP contribution is 2.33. The Hall–Kier alpha value is -1.86. The molecule has 0 fully saturated rings. The van der Waals surface area contributed by atoms with E-state index in [0.29, 0.717) is 6.61 Å². The second-order valence-electron chi connectivity index (χ2n) is 7.49. The Kier molecular flexibility index (Phi) is 7.06. The van der Waals surface area contributed by atoms with E-state index in [1.54, 1.807) is 6.07 Å². The topological polar surface area (TPSA) is 69.7 Å². The van der Waals surface area contributed by atoms with E-state index < -0.39 is 16.1 Å². The van der Waals surface area contributed by atoms with Crippen molar-refractivity contribution in [2.24, 2.45) is 5.41 Å². The Bertz CT molecular complexity index is 859. The molecular formula is C20H26O5S2. The third kappa shape index (κ3) is 6.66. The molecule has 0 aliphatic carbocycles. The molecule has 1 heterocycles. The molecule has 5 nitrogen and oxygen atoms in total. The fraction of sp³-hybridized carbons (Fsp3) is 0.450. The molecule has 2 aromatic rings. The summed E-state index contributed by atoms with van der Waals surface area (Å²) < 4.78 is 35.0. The van der Waals surface area contributed by atoms with Crippen molar-refractivity contribution >= 4 is 27.4 Å². The molecule has 0 N–H and O–H groups in total. The van der Waals surface area contributed by atoms with Crippen molar-refractivity contribution in [1.29, 1.82) is 0 Å². The lowest BCUT2D eigenvalue weighted by Gasteiger charge is -2.15. The van der Waals surface area contributed by atoms with Crippen LogP contribution in [-0.4, -0.2) is 21.0 Å². The quantitative estimate of drug-likeness (QED) is 0.438. The third-order valence-corrected chi connectivity index (χ3v) is 6.44. The zero-order valence-electron chi connectivity index (χ0n) is 16.2. The van der Waals surface area contributed by atoms with Crippen molar-refractivity contribution in [2.75, 3.05) is 6.61 Å². The second kappa shape index (κ2) is 8.89. The maximum Gasteiger partial charge on any atom is 0.351 e. The number of benzene rings is 1. The van der Waals surface area contributed by atoms with Gasteiger partial charge in [0, 0.05) is 4.88 Å². The Labute approximate surface area is 165 Å². The number of carbonyl (C=O) groups excluding carboxylic acids is 1. The van der Waals surface area contributed by atoms with Crippen LogP contribution in [0.2, 0.25) is 0 Å². The van der Waals surface area contributed by atoms with Gasteiger partial charge in [0.2, 0.25) is 0 Å². The molecule has 0 unspecified atom stereocenters. The summed E-state index contributed by atoms with van der Waals surface area (Å²) in [6, 6.07) is 10.7. The van der Waals surface area contributed by atoms with Crippen LogP contribution in [0.4, 0.5) is 0 Å². The van der Waals surface area contributed by atoms with Gasteiger partial charge in [-0.25, -0.2) is 0 Å². The van der Waals surface area contributed by atoms with Gasteiger partial charge in [-0.15, -0.1) is 11.3 Å². The minimum Gasteiger partial charge on any atom is -0.494 e. The fourth-order valence-electron chi connectivity index (χ4n) is 2.29. The largest absolute Gasteiger partial charge is 0.494 e. The van der Waals surface area contributed by atoms with E-state index in [2.05, 4.69) is 6.92 Å². The molecule has 0 saturated heterocycles. The van der Waals surface area contributed by atoms with E-state index in [0.717, 1.165) is 40.4 Å². The van der Waals surface area contributed by atoms with Crippen LogP contribution in [0.3, 0.4) is 0 Å². The smallest absolute Gasteiger partial charge is 0.351 e. The van der Waals surface area contributed by atoms with Gasteiger partial charge in [0.25, 0.3) is 0 Å². The van der Waals surface area contributed by atoms with E-state index in [-0.39, 0.29) is 16.0 Å². The van der Waals surface area contributed by atoms with Crippen molar-refractivity contribution in [3.05, 3.63) is 36.4 Å². The van der Waals surface area contributed by atoms with Crippen LogP contribution in [0.1, 0.15) is 47.0 Å². The van der Waals surface area contributed by atoms with E-state index in [4.69, 9.17) is 8.92 Å². The average Bonchev–Trinajstić information content (AvgIpc) is 3.04. The zero-order chi connectivity index (χ0) is 20.1. The molecule has 1 aromatic carbocycles. The number of hydrogen-bond acceptors (Lipinski definition) is 6. The number of hydrogen-bond donors (Lipinski definition) is 0. The van der Waals surface area contributed by atoms with Gasteiger partial charge in [0.05, 0.1) is 13.0 Å². The lowest BCUT2D eigenvalue weighted by molar-refractivity contribution is -0.135. The van der Waals surface area contributed by atoms with Gasteiger partial charge >= 0.3 is 16.1 Å². The fourth-order valence-corrected chi connectivity index (χ4v) is 4.43. The molecule has 0 aliphatic heterocycles. The van der Waals surface area contributed by atoms with Crippen LogP contribution in [0.15, 0.2) is 40.6 Å². The second-order valence-corrected chi connectivity index (χ2v) is 10.3. The monoisotopic (exact) mass is 410 g/mol. The summed E-state index contributed by atoms with van der Waals surface area (Å²) in [4.78, 5) is 12.6. The zero-order valence-corrected chi connectivity index (χ0v) is 17.8. The van der Waals surface area contributed by atoms with E-state index in [1.807, 2.05) is 45.0 Å². The van der Waals surface area contributed by atoms with Crippen LogP contribution in [0, 0.1) is 5.41 Å². The molecule has 0 saturated carbocycles. The van der Waals surface area contributed by atoms with Crippen LogP contribution >= 0.6 is 11.3 Å². The van der Waals surface area contributed by atoms with Gasteiger partial charge in [-0.2, -0.15) is 8.42 Å². The highest BCUT2D eigenvalue weighted by atomic mass is 32.3. The molecule has 0 spiro atoms. The highest BCUT2D eigenvalue weighted by molar-refractivity contribution is 7.89. The summed E-state index contributed by atoms with van der Waals surface area (Å²) in [6.45, 7) is 8.33. The summed E-state index contributed by atoms with van der Waals surface area (Å²) in [7, 11) is -4.10. The molecule has 0 radical (unpaired) electrons. The first-order valence-electron chi connectivity index (χ1n) is 8.91. The van der Waals surface area contributed by atoms with Crippen molar-refractivity contribution in [3.63, 3.8) is 0 Å². The first-order valence-corrected chi connectivity index (χ1v) is 11.1. The third-order valence-electron chi connectivity index (χ3n) is 3.61. The number of unbranched alkanes of at least 4 members (excludes halogenated alkanes) is 1. The highest BCUT2D eigenvalue weighted by Gasteiger charge is 2.25. The van der Waals surface area contributed by atoms with Crippen LogP contribution < -0.4 is 4.74 Å². The van der Waals surface area contributed by atoms with Crippen molar-refractivity contribution in [2.45, 2.75) is 51.2 Å². The average molecular weight is 411 g/mol. The summed E-state index contributed by atoms with van der Waals surface area (Å²) in [5.41, 5.74) is 0.541. The van der Waals surface area contributed by atoms with Crippen molar-refractivity contribution in [1.82, 2.24) is 0 Å². The molecule has 0 atom stereocenters. The molecule has 7 heteroatoms. The van der Waals surface area contributed by atoms with Gasteiger partial charge in [0.15, 0.2) is 4.21 Å². The number of ether oxygens (including phenoxy) is 1. The Morgan fingerprint density at radius 2 is 1.74 bits per heavy atom. The predicted molar refractivity (Wildman–Crippen MR) is 108 cm³/mol. The van der Waals surface area contributed by atoms with Gasteiger partial charge in [-0.05, 0) is 53.8 Å². The van der Waals surface area contributed by atoms with Gasteiger partial charge in [-0.3, -0.25) is 4.79 Å². The Balaban J connectivity index is 2.08. The maximum atomic E-state index is 12.3. The van der Waals surface area contributed by atoms with Gasteiger partial charge in [-0.1, -0.05) is 34.1 Å². The minimum atomic E-state index is -4.10. The number of thiophene rings is 1. The van der Waals surface area contributed by atoms with Crippen LogP contribution in [0.25, 0.3) is 10.4 Å². The molecule has 27 heavy (non-hydrogen) atoms. The van der Waals surface area contributed by atoms with Gasteiger partial charge in [0.1, 0.15) is 5.75 Å². The lowest BCUT2D eigenvalue weighted by atomic mass is 9.93. The normalized spacial score (nSPS) is 12.0. The molecule has 0 amide bonds. The Morgan fingerprint density at radius 3 is 2.33 bits per heavy atom. The minimum absolute atomic E-state index is 0.0167. The van der Waals surface area contributed by atoms with Crippen molar-refractivity contribution < 1.29 is 22.1 Å². The summed E-state index contributed by atoms with van der Waals surface area (Å²) in [6.07, 6.45) is 2.11. The van der Waals surface area contributed by atoms with E-state index in [1.165, 1.54) is 6.07 Å². The lowest BCUT2D eigenvalue weighted by Crippen LogP contribution is -2.18. The number of rotatable bonds is 8. The summed E-state index contributed by atoms with van der Waals surface area (Å²) in [5.74, 6) is 0.0405. The van der Waals surface area contributed by atoms with Gasteiger partial charge < -0.3 is 8.92 Å². The maximum absolute atomic E-state index is 12.3. The molecule has 0 aliphatic rings. The molecule has 0 bridgehead atoms. The molecule has 148 valence electrons. The predicted octanol–water partition coefficient (Wildman–Crippen LogP) is 5.26.